The van der Waals surface area contributed by atoms with Crippen LogP contribution in [0.5, 0.6) is 0 Å². The lowest BCUT2D eigenvalue weighted by Crippen LogP contribution is -2.34. The maximum atomic E-state index is 6.15. The molecule has 0 bridgehead atoms. The first kappa shape index (κ1) is 14.6. The molecule has 1 saturated carbocycles. The first-order chi connectivity index (χ1) is 10.2. The summed E-state index contributed by atoms with van der Waals surface area (Å²) in [5.74, 6) is 2.04. The largest absolute Gasteiger partial charge is 0.459 e. The van der Waals surface area contributed by atoms with E-state index in [0.717, 1.165) is 23.7 Å². The smallest absolute Gasteiger partial charge is 0.134 e. The van der Waals surface area contributed by atoms with Crippen molar-refractivity contribution in [3.8, 4) is 0 Å². The molecule has 1 atom stereocenters. The highest BCUT2D eigenvalue weighted by Crippen LogP contribution is 2.32. The SMILES string of the molecule is CCc1c(C(C)NC2CCC(C)CC2)oc2ccccc12. The Morgan fingerprint density at radius 2 is 1.90 bits per heavy atom. The molecule has 0 aliphatic heterocycles. The maximum Gasteiger partial charge on any atom is 0.134 e. The molecule has 21 heavy (non-hydrogen) atoms. The zero-order valence-corrected chi connectivity index (χ0v) is 13.5. The van der Waals surface area contributed by atoms with E-state index in [1.165, 1.54) is 36.6 Å². The van der Waals surface area contributed by atoms with Crippen molar-refractivity contribution in [3.63, 3.8) is 0 Å². The monoisotopic (exact) mass is 285 g/mol. The topological polar surface area (TPSA) is 25.2 Å². The summed E-state index contributed by atoms with van der Waals surface area (Å²) < 4.78 is 6.15. The third kappa shape index (κ3) is 3.01. The number of fused-ring (bicyclic) bond motifs is 1. The standard InChI is InChI=1S/C19H27NO/c1-4-16-17-7-5-6-8-18(17)21-19(16)14(3)20-15-11-9-13(2)10-12-15/h5-8,13-15,20H,4,9-12H2,1-3H3. The summed E-state index contributed by atoms with van der Waals surface area (Å²) in [5.41, 5.74) is 2.39. The number of aryl methyl sites for hydroxylation is 1. The molecule has 0 amide bonds. The number of hydrogen-bond acceptors (Lipinski definition) is 2. The van der Waals surface area contributed by atoms with Crippen molar-refractivity contribution in [3.05, 3.63) is 35.6 Å². The molecule has 0 spiro atoms. The molecule has 1 aromatic carbocycles. The lowest BCUT2D eigenvalue weighted by atomic mass is 9.87. The third-order valence-corrected chi connectivity index (χ3v) is 4.98. The fourth-order valence-corrected chi connectivity index (χ4v) is 3.69. The van der Waals surface area contributed by atoms with Crippen LogP contribution in [0.3, 0.4) is 0 Å². The van der Waals surface area contributed by atoms with Crippen LogP contribution in [0.2, 0.25) is 0 Å². The highest BCUT2D eigenvalue weighted by Gasteiger charge is 2.23. The van der Waals surface area contributed by atoms with E-state index in [9.17, 15) is 0 Å². The Morgan fingerprint density at radius 3 is 2.62 bits per heavy atom. The normalized spacial score (nSPS) is 24.3. The maximum absolute atomic E-state index is 6.15. The van der Waals surface area contributed by atoms with Crippen molar-refractivity contribution in [1.82, 2.24) is 5.32 Å². The van der Waals surface area contributed by atoms with Gasteiger partial charge < -0.3 is 9.73 Å². The first-order valence-corrected chi connectivity index (χ1v) is 8.45. The molecule has 1 aromatic heterocycles. The van der Waals surface area contributed by atoms with Crippen molar-refractivity contribution in [2.24, 2.45) is 5.92 Å². The summed E-state index contributed by atoms with van der Waals surface area (Å²) in [5, 5.41) is 5.08. The van der Waals surface area contributed by atoms with E-state index in [0.29, 0.717) is 12.1 Å². The summed E-state index contributed by atoms with van der Waals surface area (Å²) in [4.78, 5) is 0. The Hall–Kier alpha value is -1.28. The zero-order valence-electron chi connectivity index (χ0n) is 13.5. The summed E-state index contributed by atoms with van der Waals surface area (Å²) >= 11 is 0. The molecule has 2 aromatic rings. The molecule has 0 saturated heterocycles. The van der Waals surface area contributed by atoms with Crippen molar-refractivity contribution in [2.75, 3.05) is 0 Å². The van der Waals surface area contributed by atoms with Gasteiger partial charge in [0.1, 0.15) is 11.3 Å². The van der Waals surface area contributed by atoms with Gasteiger partial charge in [0.2, 0.25) is 0 Å². The summed E-state index contributed by atoms with van der Waals surface area (Å²) in [6.45, 7) is 6.83. The summed E-state index contributed by atoms with van der Waals surface area (Å²) in [6, 6.07) is 9.35. The number of rotatable bonds is 4. The number of furan rings is 1. The van der Waals surface area contributed by atoms with Crippen LogP contribution < -0.4 is 5.32 Å². The minimum atomic E-state index is 0.297. The second-order valence-corrected chi connectivity index (χ2v) is 6.64. The highest BCUT2D eigenvalue weighted by molar-refractivity contribution is 5.82. The molecule has 1 N–H and O–H groups in total. The Balaban J connectivity index is 1.79. The van der Waals surface area contributed by atoms with Crippen molar-refractivity contribution in [2.45, 2.75) is 65.0 Å². The number of nitrogens with one attached hydrogen (secondary N) is 1. The van der Waals surface area contributed by atoms with Gasteiger partial charge in [-0.2, -0.15) is 0 Å². The van der Waals surface area contributed by atoms with Crippen LogP contribution in [0, 0.1) is 5.92 Å². The lowest BCUT2D eigenvalue weighted by Gasteiger charge is -2.29. The fraction of sp³-hybridized carbons (Fsp3) is 0.579. The van der Waals surface area contributed by atoms with Crippen molar-refractivity contribution in [1.29, 1.82) is 0 Å². The number of hydrogen-bond donors (Lipinski definition) is 1. The van der Waals surface area contributed by atoms with Crippen LogP contribution in [-0.2, 0) is 6.42 Å². The van der Waals surface area contributed by atoms with Crippen LogP contribution in [0.15, 0.2) is 28.7 Å². The molecule has 1 unspecified atom stereocenters. The summed E-state index contributed by atoms with van der Waals surface area (Å²) in [7, 11) is 0. The van der Waals surface area contributed by atoms with Crippen LogP contribution >= 0.6 is 0 Å². The number of para-hydroxylation sites is 1. The average molecular weight is 285 g/mol. The summed E-state index contributed by atoms with van der Waals surface area (Å²) in [6.07, 6.45) is 6.33. The van der Waals surface area contributed by atoms with Gasteiger partial charge in [-0.15, -0.1) is 0 Å². The second kappa shape index (κ2) is 6.23. The van der Waals surface area contributed by atoms with Gasteiger partial charge in [-0.05, 0) is 51.0 Å². The molecular formula is C19H27NO. The number of benzene rings is 1. The molecule has 1 aliphatic rings. The lowest BCUT2D eigenvalue weighted by molar-refractivity contribution is 0.281. The molecule has 0 radical (unpaired) electrons. The Bertz CT molecular complexity index is 593. The van der Waals surface area contributed by atoms with Gasteiger partial charge in [0, 0.05) is 17.0 Å². The zero-order chi connectivity index (χ0) is 14.8. The van der Waals surface area contributed by atoms with E-state index >= 15 is 0 Å². The van der Waals surface area contributed by atoms with Gasteiger partial charge in [-0.3, -0.25) is 0 Å². The van der Waals surface area contributed by atoms with Gasteiger partial charge in [-0.1, -0.05) is 32.0 Å². The highest BCUT2D eigenvalue weighted by atomic mass is 16.3. The van der Waals surface area contributed by atoms with E-state index in [4.69, 9.17) is 4.42 Å². The predicted octanol–water partition coefficient (Wildman–Crippen LogP) is 5.22. The van der Waals surface area contributed by atoms with Gasteiger partial charge in [-0.25, -0.2) is 0 Å². The molecule has 2 nitrogen and oxygen atoms in total. The van der Waals surface area contributed by atoms with E-state index in [1.807, 2.05) is 0 Å². The van der Waals surface area contributed by atoms with Gasteiger partial charge in [0.05, 0.1) is 6.04 Å². The minimum Gasteiger partial charge on any atom is -0.459 e. The molecule has 1 heterocycles. The quantitative estimate of drug-likeness (QED) is 0.832. The predicted molar refractivity (Wildman–Crippen MR) is 88.6 cm³/mol. The Kier molecular flexibility index (Phi) is 4.34. The molecule has 1 aliphatic carbocycles. The van der Waals surface area contributed by atoms with Crippen LogP contribution in [0.4, 0.5) is 0 Å². The molecule has 1 fully saturated rings. The Labute approximate surface area is 127 Å². The molecule has 3 rings (SSSR count). The van der Waals surface area contributed by atoms with Crippen molar-refractivity contribution < 1.29 is 4.42 Å². The Morgan fingerprint density at radius 1 is 1.19 bits per heavy atom. The van der Waals surface area contributed by atoms with Crippen LogP contribution in [0.25, 0.3) is 11.0 Å². The average Bonchev–Trinajstić information content (AvgIpc) is 2.88. The fourth-order valence-electron chi connectivity index (χ4n) is 3.69. The van der Waals surface area contributed by atoms with Gasteiger partial charge >= 0.3 is 0 Å². The van der Waals surface area contributed by atoms with Gasteiger partial charge in [0.15, 0.2) is 0 Å². The molecule has 114 valence electrons. The van der Waals surface area contributed by atoms with E-state index < -0.39 is 0 Å². The molecule has 2 heteroatoms. The van der Waals surface area contributed by atoms with Crippen LogP contribution in [0.1, 0.15) is 63.8 Å². The van der Waals surface area contributed by atoms with E-state index in [2.05, 4.69) is 50.4 Å². The molecular weight excluding hydrogens is 258 g/mol. The van der Waals surface area contributed by atoms with E-state index in [-0.39, 0.29) is 0 Å². The van der Waals surface area contributed by atoms with Crippen molar-refractivity contribution >= 4 is 11.0 Å². The van der Waals surface area contributed by atoms with E-state index in [1.54, 1.807) is 0 Å². The van der Waals surface area contributed by atoms with Crippen LogP contribution in [-0.4, -0.2) is 6.04 Å². The first-order valence-electron chi connectivity index (χ1n) is 8.45. The minimum absolute atomic E-state index is 0.297. The second-order valence-electron chi connectivity index (χ2n) is 6.64. The van der Waals surface area contributed by atoms with Gasteiger partial charge in [0.25, 0.3) is 0 Å². The third-order valence-electron chi connectivity index (χ3n) is 4.98.